The molecule has 0 fully saturated rings. The largest absolute Gasteiger partial charge is 0.493 e. The van der Waals surface area contributed by atoms with Gasteiger partial charge < -0.3 is 15.2 Å². The van der Waals surface area contributed by atoms with Gasteiger partial charge in [-0.25, -0.2) is 10.2 Å². The van der Waals surface area contributed by atoms with Gasteiger partial charge in [-0.1, -0.05) is 19.8 Å². The van der Waals surface area contributed by atoms with E-state index in [-0.39, 0.29) is 0 Å². The molecule has 20 heavy (non-hydrogen) atoms. The number of methoxy groups -OCH3 is 1. The highest BCUT2D eigenvalue weighted by atomic mass is 16.5. The van der Waals surface area contributed by atoms with Gasteiger partial charge in [-0.15, -0.1) is 0 Å². The fourth-order valence-corrected chi connectivity index (χ4v) is 1.59. The van der Waals surface area contributed by atoms with E-state index in [1.165, 1.54) is 6.21 Å². The van der Waals surface area contributed by atoms with E-state index >= 15 is 0 Å². The maximum Gasteiger partial charge on any atom is 0.332 e. The molecule has 1 rings (SSSR count). The zero-order valence-electron chi connectivity index (χ0n) is 11.9. The average molecular weight is 279 g/mol. The first-order valence-electron chi connectivity index (χ1n) is 6.56. The van der Waals surface area contributed by atoms with Crippen LogP contribution in [0.3, 0.4) is 0 Å². The summed E-state index contributed by atoms with van der Waals surface area (Å²) in [6.45, 7) is 2.82. The van der Waals surface area contributed by atoms with E-state index in [1.54, 1.807) is 13.2 Å². The van der Waals surface area contributed by atoms with Crippen LogP contribution >= 0.6 is 0 Å². The topological polar surface area (TPSA) is 85.9 Å². The fraction of sp³-hybridized carbons (Fsp3) is 0.429. The second kappa shape index (κ2) is 8.79. The Morgan fingerprint density at radius 2 is 2.20 bits per heavy atom. The molecule has 0 aliphatic rings. The lowest BCUT2D eigenvalue weighted by Crippen LogP contribution is -2.24. The standard InChI is InChI=1S/C14H21N3O3/c1-3-4-5-8-20-12-7-6-11(9-13(12)19-2)10-16-17-14(15)18/h6-7,9-10H,3-5,8H2,1-2H3,(H3,15,17,18). The van der Waals surface area contributed by atoms with Crippen molar-refractivity contribution in [1.82, 2.24) is 5.43 Å². The van der Waals surface area contributed by atoms with Crippen molar-refractivity contribution in [2.24, 2.45) is 10.8 Å². The minimum Gasteiger partial charge on any atom is -0.493 e. The summed E-state index contributed by atoms with van der Waals surface area (Å²) in [6.07, 6.45) is 4.80. The normalized spacial score (nSPS) is 10.5. The van der Waals surface area contributed by atoms with Crippen LogP contribution in [0.4, 0.5) is 4.79 Å². The number of amides is 2. The number of primary amides is 1. The molecule has 0 unspecified atom stereocenters. The zero-order valence-corrected chi connectivity index (χ0v) is 11.9. The molecule has 2 amide bonds. The maximum absolute atomic E-state index is 10.5. The number of carbonyl (C=O) groups is 1. The van der Waals surface area contributed by atoms with Gasteiger partial charge in [0.05, 0.1) is 19.9 Å². The van der Waals surface area contributed by atoms with Gasteiger partial charge in [-0.3, -0.25) is 0 Å². The molecule has 0 heterocycles. The number of hydrogen-bond donors (Lipinski definition) is 2. The Kier molecular flexibility index (Phi) is 6.95. The van der Waals surface area contributed by atoms with Gasteiger partial charge in [0.15, 0.2) is 11.5 Å². The van der Waals surface area contributed by atoms with Crippen LogP contribution in [-0.2, 0) is 0 Å². The van der Waals surface area contributed by atoms with E-state index in [4.69, 9.17) is 15.2 Å². The molecule has 1 aromatic rings. The van der Waals surface area contributed by atoms with Crippen LogP contribution in [0, 0.1) is 0 Å². The van der Waals surface area contributed by atoms with E-state index in [9.17, 15) is 4.79 Å². The second-order valence-corrected chi connectivity index (χ2v) is 4.20. The number of unbranched alkanes of at least 4 members (excludes halogenated alkanes) is 2. The smallest absolute Gasteiger partial charge is 0.332 e. The summed E-state index contributed by atoms with van der Waals surface area (Å²) in [5.74, 6) is 1.33. The number of urea groups is 1. The molecule has 0 spiro atoms. The Labute approximate surface area is 118 Å². The number of ether oxygens (including phenoxy) is 2. The summed E-state index contributed by atoms with van der Waals surface area (Å²) in [5.41, 5.74) is 7.81. The van der Waals surface area contributed by atoms with Crippen molar-refractivity contribution < 1.29 is 14.3 Å². The van der Waals surface area contributed by atoms with Gasteiger partial charge in [-0.05, 0) is 30.2 Å². The maximum atomic E-state index is 10.5. The van der Waals surface area contributed by atoms with E-state index in [0.29, 0.717) is 18.1 Å². The molecule has 1 aromatic carbocycles. The molecule has 3 N–H and O–H groups in total. The number of rotatable bonds is 8. The van der Waals surface area contributed by atoms with Crippen LogP contribution in [0.25, 0.3) is 0 Å². The lowest BCUT2D eigenvalue weighted by molar-refractivity contribution is 0.249. The Morgan fingerprint density at radius 1 is 1.40 bits per heavy atom. The molecular formula is C14H21N3O3. The molecule has 0 bridgehead atoms. The lowest BCUT2D eigenvalue weighted by Gasteiger charge is -2.11. The van der Waals surface area contributed by atoms with E-state index in [2.05, 4.69) is 17.5 Å². The summed E-state index contributed by atoms with van der Waals surface area (Å²) < 4.78 is 10.9. The highest BCUT2D eigenvalue weighted by Gasteiger charge is 2.04. The van der Waals surface area contributed by atoms with Crippen molar-refractivity contribution in [3.05, 3.63) is 23.8 Å². The van der Waals surface area contributed by atoms with E-state index in [1.807, 2.05) is 12.1 Å². The Bertz CT molecular complexity index is 461. The first kappa shape index (κ1) is 15.8. The Hall–Kier alpha value is -2.24. The predicted molar refractivity (Wildman–Crippen MR) is 78.3 cm³/mol. The first-order chi connectivity index (χ1) is 9.67. The number of carbonyl (C=O) groups excluding carboxylic acids is 1. The minimum absolute atomic E-state index is 0.629. The number of hydrazone groups is 1. The first-order valence-corrected chi connectivity index (χ1v) is 6.56. The van der Waals surface area contributed by atoms with Crippen LogP contribution in [0.1, 0.15) is 31.7 Å². The van der Waals surface area contributed by atoms with Crippen molar-refractivity contribution in [1.29, 1.82) is 0 Å². The molecule has 0 saturated heterocycles. The predicted octanol–water partition coefficient (Wildman–Crippen LogP) is 2.27. The van der Waals surface area contributed by atoms with Gasteiger partial charge >= 0.3 is 6.03 Å². The molecular weight excluding hydrogens is 258 g/mol. The highest BCUT2D eigenvalue weighted by molar-refractivity contribution is 5.82. The summed E-state index contributed by atoms with van der Waals surface area (Å²) >= 11 is 0. The fourth-order valence-electron chi connectivity index (χ4n) is 1.59. The Balaban J connectivity index is 2.64. The molecule has 0 atom stereocenters. The van der Waals surface area contributed by atoms with Crippen molar-refractivity contribution >= 4 is 12.2 Å². The quantitative estimate of drug-likeness (QED) is 0.435. The van der Waals surface area contributed by atoms with Gasteiger partial charge in [0.25, 0.3) is 0 Å². The van der Waals surface area contributed by atoms with Crippen molar-refractivity contribution in [2.75, 3.05) is 13.7 Å². The molecule has 0 aliphatic heterocycles. The van der Waals surface area contributed by atoms with Gasteiger partial charge in [-0.2, -0.15) is 5.10 Å². The Morgan fingerprint density at radius 3 is 2.85 bits per heavy atom. The van der Waals surface area contributed by atoms with Crippen molar-refractivity contribution in [2.45, 2.75) is 26.2 Å². The number of nitrogens with two attached hydrogens (primary N) is 1. The highest BCUT2D eigenvalue weighted by Crippen LogP contribution is 2.27. The van der Waals surface area contributed by atoms with Gasteiger partial charge in [0, 0.05) is 0 Å². The summed E-state index contributed by atoms with van der Waals surface area (Å²) in [5, 5.41) is 3.69. The second-order valence-electron chi connectivity index (χ2n) is 4.20. The molecule has 0 aliphatic carbocycles. The molecule has 0 radical (unpaired) electrons. The summed E-state index contributed by atoms with van der Waals surface area (Å²) in [4.78, 5) is 10.5. The number of hydrogen-bond acceptors (Lipinski definition) is 4. The van der Waals surface area contributed by atoms with Crippen LogP contribution in [0.15, 0.2) is 23.3 Å². The summed E-state index contributed by atoms with van der Waals surface area (Å²) in [6, 6.07) is 4.71. The van der Waals surface area contributed by atoms with Crippen LogP contribution < -0.4 is 20.6 Å². The SMILES string of the molecule is CCCCCOc1ccc(C=NNC(N)=O)cc1OC. The molecule has 0 saturated carbocycles. The molecule has 110 valence electrons. The average Bonchev–Trinajstić information content (AvgIpc) is 2.44. The van der Waals surface area contributed by atoms with Gasteiger partial charge in [0.1, 0.15) is 0 Å². The van der Waals surface area contributed by atoms with Crippen molar-refractivity contribution in [3.8, 4) is 11.5 Å². The van der Waals surface area contributed by atoms with E-state index in [0.717, 1.165) is 24.8 Å². The zero-order chi connectivity index (χ0) is 14.8. The van der Waals surface area contributed by atoms with Crippen LogP contribution in [0.2, 0.25) is 0 Å². The number of benzene rings is 1. The molecule has 0 aromatic heterocycles. The van der Waals surface area contributed by atoms with E-state index < -0.39 is 6.03 Å². The van der Waals surface area contributed by atoms with Crippen LogP contribution in [0.5, 0.6) is 11.5 Å². The molecule has 6 nitrogen and oxygen atoms in total. The third-order valence-electron chi connectivity index (χ3n) is 2.58. The number of nitrogens with zero attached hydrogens (tertiary/aromatic N) is 1. The van der Waals surface area contributed by atoms with Gasteiger partial charge in [0.2, 0.25) is 0 Å². The summed E-state index contributed by atoms with van der Waals surface area (Å²) in [7, 11) is 1.58. The van der Waals surface area contributed by atoms with Crippen molar-refractivity contribution in [3.63, 3.8) is 0 Å². The van der Waals surface area contributed by atoms with Crippen LogP contribution in [-0.4, -0.2) is 26.0 Å². The third-order valence-corrected chi connectivity index (χ3v) is 2.58. The lowest BCUT2D eigenvalue weighted by atomic mass is 10.2. The third kappa shape index (κ3) is 5.60. The molecule has 6 heteroatoms. The minimum atomic E-state index is -0.705. The monoisotopic (exact) mass is 279 g/mol. The number of nitrogens with one attached hydrogen (secondary N) is 1.